The van der Waals surface area contributed by atoms with Crippen LogP contribution < -0.4 is 0 Å². The van der Waals surface area contributed by atoms with Crippen molar-refractivity contribution < 1.29 is 14.3 Å². The summed E-state index contributed by atoms with van der Waals surface area (Å²) in [6.45, 7) is 3.04. The van der Waals surface area contributed by atoms with Gasteiger partial charge in [0, 0.05) is 5.57 Å². The molecule has 0 aliphatic carbocycles. The summed E-state index contributed by atoms with van der Waals surface area (Å²) in [6, 6.07) is 0. The summed E-state index contributed by atoms with van der Waals surface area (Å²) in [5, 5.41) is 0. The summed E-state index contributed by atoms with van der Waals surface area (Å²) in [4.78, 5) is 21.9. The molecule has 0 bridgehead atoms. The van der Waals surface area contributed by atoms with Gasteiger partial charge in [-0.2, -0.15) is 0 Å². The highest BCUT2D eigenvalue weighted by Gasteiger charge is 2.18. The molecule has 0 aromatic heterocycles. The van der Waals surface area contributed by atoms with Gasteiger partial charge in [0.2, 0.25) is 0 Å². The number of esters is 1. The average molecular weight is 166 g/mol. The SMILES string of the molecule is CC(=O)C1C=CC=C(C)C(=O)O1. The number of rotatable bonds is 1. The van der Waals surface area contributed by atoms with Gasteiger partial charge in [-0.05, 0) is 19.9 Å². The molecule has 1 rings (SSSR count). The van der Waals surface area contributed by atoms with Crippen molar-refractivity contribution in [1.29, 1.82) is 0 Å². The van der Waals surface area contributed by atoms with E-state index in [1.165, 1.54) is 6.92 Å². The lowest BCUT2D eigenvalue weighted by Crippen LogP contribution is -2.22. The Balaban J connectivity index is 2.80. The fourth-order valence-corrected chi connectivity index (χ4v) is 0.835. The Morgan fingerprint density at radius 1 is 1.58 bits per heavy atom. The van der Waals surface area contributed by atoms with Crippen molar-refractivity contribution in [2.45, 2.75) is 20.0 Å². The second kappa shape index (κ2) is 3.34. The molecule has 1 unspecified atom stereocenters. The van der Waals surface area contributed by atoms with Crippen LogP contribution in [0.2, 0.25) is 0 Å². The van der Waals surface area contributed by atoms with Gasteiger partial charge < -0.3 is 4.74 Å². The number of hydrogen-bond donors (Lipinski definition) is 0. The van der Waals surface area contributed by atoms with E-state index in [0.29, 0.717) is 5.57 Å². The Kier molecular flexibility index (Phi) is 2.43. The largest absolute Gasteiger partial charge is 0.447 e. The van der Waals surface area contributed by atoms with Crippen LogP contribution in [0, 0.1) is 0 Å². The van der Waals surface area contributed by atoms with Crippen LogP contribution in [-0.4, -0.2) is 17.9 Å². The molecule has 0 N–H and O–H groups in total. The Labute approximate surface area is 70.7 Å². The van der Waals surface area contributed by atoms with E-state index in [4.69, 9.17) is 4.74 Å². The predicted molar refractivity (Wildman–Crippen MR) is 43.5 cm³/mol. The van der Waals surface area contributed by atoms with Crippen LogP contribution in [0.5, 0.6) is 0 Å². The molecular weight excluding hydrogens is 156 g/mol. The minimum Gasteiger partial charge on any atom is -0.447 e. The topological polar surface area (TPSA) is 43.4 Å². The third-order valence-electron chi connectivity index (χ3n) is 1.59. The van der Waals surface area contributed by atoms with Crippen LogP contribution in [0.3, 0.4) is 0 Å². The first-order chi connectivity index (χ1) is 5.61. The molecule has 0 radical (unpaired) electrons. The number of ether oxygens (including phenoxy) is 1. The standard InChI is InChI=1S/C9H10O3/c1-6-4-3-5-8(7(2)10)12-9(6)11/h3-5,8H,1-2H3. The van der Waals surface area contributed by atoms with E-state index in [-0.39, 0.29) is 5.78 Å². The lowest BCUT2D eigenvalue weighted by Gasteiger charge is -2.08. The molecule has 0 spiro atoms. The van der Waals surface area contributed by atoms with E-state index in [0.717, 1.165) is 0 Å². The van der Waals surface area contributed by atoms with E-state index in [1.54, 1.807) is 25.2 Å². The minimum atomic E-state index is -0.716. The first-order valence-corrected chi connectivity index (χ1v) is 3.68. The summed E-state index contributed by atoms with van der Waals surface area (Å²) in [5.41, 5.74) is 0.509. The van der Waals surface area contributed by atoms with Crippen molar-refractivity contribution in [2.75, 3.05) is 0 Å². The maximum absolute atomic E-state index is 11.0. The van der Waals surface area contributed by atoms with Gasteiger partial charge in [0.1, 0.15) is 0 Å². The molecule has 3 nitrogen and oxygen atoms in total. The first kappa shape index (κ1) is 8.71. The van der Waals surface area contributed by atoms with Crippen molar-refractivity contribution in [3.8, 4) is 0 Å². The van der Waals surface area contributed by atoms with Crippen LogP contribution in [-0.2, 0) is 14.3 Å². The van der Waals surface area contributed by atoms with Crippen molar-refractivity contribution in [3.63, 3.8) is 0 Å². The van der Waals surface area contributed by atoms with Gasteiger partial charge in [-0.25, -0.2) is 4.79 Å². The van der Waals surface area contributed by atoms with Crippen LogP contribution in [0.4, 0.5) is 0 Å². The van der Waals surface area contributed by atoms with Gasteiger partial charge in [-0.3, -0.25) is 4.79 Å². The van der Waals surface area contributed by atoms with Crippen molar-refractivity contribution in [2.24, 2.45) is 0 Å². The van der Waals surface area contributed by atoms with Crippen molar-refractivity contribution in [3.05, 3.63) is 23.8 Å². The van der Waals surface area contributed by atoms with Crippen LogP contribution in [0.1, 0.15) is 13.8 Å². The molecular formula is C9H10O3. The lowest BCUT2D eigenvalue weighted by molar-refractivity contribution is -0.147. The fourth-order valence-electron chi connectivity index (χ4n) is 0.835. The summed E-state index contributed by atoms with van der Waals surface area (Å²) in [5.74, 6) is -0.595. The number of carbonyl (C=O) groups is 2. The van der Waals surface area contributed by atoms with Gasteiger partial charge in [0.05, 0.1) is 0 Å². The smallest absolute Gasteiger partial charge is 0.334 e. The zero-order chi connectivity index (χ0) is 9.14. The molecule has 1 atom stereocenters. The molecule has 1 aliphatic heterocycles. The summed E-state index contributed by atoms with van der Waals surface area (Å²) < 4.78 is 4.84. The summed E-state index contributed by atoms with van der Waals surface area (Å²) in [6.07, 6.45) is 4.14. The highest BCUT2D eigenvalue weighted by molar-refractivity contribution is 5.92. The Morgan fingerprint density at radius 3 is 2.83 bits per heavy atom. The molecule has 64 valence electrons. The lowest BCUT2D eigenvalue weighted by atomic mass is 10.2. The van der Waals surface area contributed by atoms with Gasteiger partial charge in [-0.15, -0.1) is 0 Å². The van der Waals surface area contributed by atoms with Gasteiger partial charge >= 0.3 is 5.97 Å². The van der Waals surface area contributed by atoms with Gasteiger partial charge in [0.15, 0.2) is 11.9 Å². The highest BCUT2D eigenvalue weighted by Crippen LogP contribution is 2.07. The zero-order valence-electron chi connectivity index (χ0n) is 7.03. The quantitative estimate of drug-likeness (QED) is 0.546. The molecule has 0 fully saturated rings. The minimum absolute atomic E-state index is 0.164. The third kappa shape index (κ3) is 1.81. The molecule has 0 aromatic rings. The van der Waals surface area contributed by atoms with E-state index in [2.05, 4.69) is 0 Å². The van der Waals surface area contributed by atoms with Crippen LogP contribution in [0.25, 0.3) is 0 Å². The summed E-state index contributed by atoms with van der Waals surface area (Å²) in [7, 11) is 0. The number of carbonyl (C=O) groups excluding carboxylic acids is 2. The predicted octanol–water partition coefficient (Wildman–Crippen LogP) is 1.00. The normalized spacial score (nSPS) is 22.7. The number of ketones is 1. The molecule has 0 saturated carbocycles. The third-order valence-corrected chi connectivity index (χ3v) is 1.59. The number of Topliss-reactive ketones (excluding diaryl/α,β-unsaturated/α-hetero) is 1. The Bertz CT molecular complexity index is 273. The molecule has 1 aliphatic rings. The van der Waals surface area contributed by atoms with Crippen LogP contribution >= 0.6 is 0 Å². The zero-order valence-corrected chi connectivity index (χ0v) is 7.03. The van der Waals surface area contributed by atoms with Crippen molar-refractivity contribution >= 4 is 11.8 Å². The average Bonchev–Trinajstić information content (AvgIpc) is 2.15. The maximum Gasteiger partial charge on any atom is 0.334 e. The van der Waals surface area contributed by atoms with Gasteiger partial charge in [-0.1, -0.05) is 12.2 Å². The van der Waals surface area contributed by atoms with Crippen molar-refractivity contribution in [1.82, 2.24) is 0 Å². The number of hydrogen-bond acceptors (Lipinski definition) is 3. The second-order valence-corrected chi connectivity index (χ2v) is 2.67. The van der Waals surface area contributed by atoms with Gasteiger partial charge in [0.25, 0.3) is 0 Å². The second-order valence-electron chi connectivity index (χ2n) is 2.67. The first-order valence-electron chi connectivity index (χ1n) is 3.68. The van der Waals surface area contributed by atoms with E-state index in [1.807, 2.05) is 0 Å². The maximum atomic E-state index is 11.0. The monoisotopic (exact) mass is 166 g/mol. The molecule has 0 saturated heterocycles. The number of cyclic esters (lactones) is 1. The molecule has 1 heterocycles. The van der Waals surface area contributed by atoms with E-state index >= 15 is 0 Å². The van der Waals surface area contributed by atoms with Crippen LogP contribution in [0.15, 0.2) is 23.8 Å². The molecule has 12 heavy (non-hydrogen) atoms. The Morgan fingerprint density at radius 2 is 2.25 bits per heavy atom. The molecule has 0 aromatic carbocycles. The Hall–Kier alpha value is -1.38. The fraction of sp³-hybridized carbons (Fsp3) is 0.333. The molecule has 3 heteroatoms. The molecule has 0 amide bonds. The number of allylic oxidation sites excluding steroid dienone is 2. The highest BCUT2D eigenvalue weighted by atomic mass is 16.5. The summed E-state index contributed by atoms with van der Waals surface area (Å²) >= 11 is 0. The van der Waals surface area contributed by atoms with E-state index < -0.39 is 12.1 Å². The van der Waals surface area contributed by atoms with E-state index in [9.17, 15) is 9.59 Å².